The van der Waals surface area contributed by atoms with E-state index in [1.807, 2.05) is 6.92 Å². The first-order valence-electron chi connectivity index (χ1n) is 4.43. The second kappa shape index (κ2) is 3.65. The highest BCUT2D eigenvalue weighted by Gasteiger charge is 2.22. The Morgan fingerprint density at radius 1 is 1.42 bits per heavy atom. The van der Waals surface area contributed by atoms with Crippen LogP contribution in [0.25, 0.3) is 0 Å². The summed E-state index contributed by atoms with van der Waals surface area (Å²) in [6, 6.07) is 0. The summed E-state index contributed by atoms with van der Waals surface area (Å²) in [5.41, 5.74) is 1.54. The van der Waals surface area contributed by atoms with Gasteiger partial charge in [-0.15, -0.1) is 0 Å². The first kappa shape index (κ1) is 9.17. The van der Waals surface area contributed by atoms with E-state index < -0.39 is 0 Å². The smallest absolute Gasteiger partial charge is 0.166 e. The van der Waals surface area contributed by atoms with Gasteiger partial charge in [-0.3, -0.25) is 9.59 Å². The standard InChI is InChI=1S/C10H14O2/c1-3-8-5-4-6-9(12)10(8)7(2)11/h3-6H2,1-2H3. The van der Waals surface area contributed by atoms with Gasteiger partial charge in [-0.05, 0) is 26.2 Å². The molecule has 2 heteroatoms. The van der Waals surface area contributed by atoms with Gasteiger partial charge in [0.15, 0.2) is 11.6 Å². The van der Waals surface area contributed by atoms with Crippen molar-refractivity contribution < 1.29 is 9.59 Å². The van der Waals surface area contributed by atoms with Crippen LogP contribution in [0, 0.1) is 0 Å². The fourth-order valence-corrected chi connectivity index (χ4v) is 1.71. The zero-order valence-electron chi connectivity index (χ0n) is 7.64. The van der Waals surface area contributed by atoms with E-state index in [1.54, 1.807) is 0 Å². The molecule has 0 N–H and O–H groups in total. The summed E-state index contributed by atoms with van der Waals surface area (Å²) < 4.78 is 0. The first-order valence-corrected chi connectivity index (χ1v) is 4.43. The van der Waals surface area contributed by atoms with E-state index >= 15 is 0 Å². The second-order valence-electron chi connectivity index (χ2n) is 3.17. The van der Waals surface area contributed by atoms with Gasteiger partial charge in [0.2, 0.25) is 0 Å². The Morgan fingerprint density at radius 2 is 2.08 bits per heavy atom. The minimum absolute atomic E-state index is 0.0469. The van der Waals surface area contributed by atoms with Crippen LogP contribution < -0.4 is 0 Å². The molecule has 0 saturated heterocycles. The van der Waals surface area contributed by atoms with Gasteiger partial charge in [0.25, 0.3) is 0 Å². The van der Waals surface area contributed by atoms with Gasteiger partial charge >= 0.3 is 0 Å². The third kappa shape index (κ3) is 1.63. The minimum atomic E-state index is -0.0587. The summed E-state index contributed by atoms with van der Waals surface area (Å²) in [6.45, 7) is 3.48. The summed E-state index contributed by atoms with van der Waals surface area (Å²) in [7, 11) is 0. The number of hydrogen-bond donors (Lipinski definition) is 0. The van der Waals surface area contributed by atoms with Crippen LogP contribution in [-0.4, -0.2) is 11.6 Å². The van der Waals surface area contributed by atoms with Crippen molar-refractivity contribution in [2.45, 2.75) is 39.5 Å². The van der Waals surface area contributed by atoms with E-state index in [4.69, 9.17) is 0 Å². The number of hydrogen-bond acceptors (Lipinski definition) is 2. The highest BCUT2D eigenvalue weighted by molar-refractivity contribution is 6.20. The molecule has 0 heterocycles. The largest absolute Gasteiger partial charge is 0.294 e. The number of ketones is 2. The van der Waals surface area contributed by atoms with Crippen molar-refractivity contribution in [3.05, 3.63) is 11.1 Å². The van der Waals surface area contributed by atoms with Crippen LogP contribution in [0.15, 0.2) is 11.1 Å². The molecule has 0 aromatic rings. The van der Waals surface area contributed by atoms with E-state index in [0.717, 1.165) is 24.8 Å². The molecule has 1 rings (SSSR count). The van der Waals surface area contributed by atoms with Crippen molar-refractivity contribution >= 4 is 11.6 Å². The Balaban J connectivity index is 3.03. The van der Waals surface area contributed by atoms with Crippen LogP contribution in [0.2, 0.25) is 0 Å². The molecule has 0 atom stereocenters. The predicted octanol–water partition coefficient (Wildman–Crippen LogP) is 2.04. The monoisotopic (exact) mass is 166 g/mol. The molecule has 0 amide bonds. The molecule has 2 nitrogen and oxygen atoms in total. The first-order chi connectivity index (χ1) is 5.66. The van der Waals surface area contributed by atoms with Crippen molar-refractivity contribution in [1.82, 2.24) is 0 Å². The van der Waals surface area contributed by atoms with Crippen molar-refractivity contribution in [1.29, 1.82) is 0 Å². The molecule has 0 saturated carbocycles. The van der Waals surface area contributed by atoms with Crippen molar-refractivity contribution in [3.8, 4) is 0 Å². The van der Waals surface area contributed by atoms with Crippen LogP contribution in [-0.2, 0) is 9.59 Å². The van der Waals surface area contributed by atoms with E-state index in [1.165, 1.54) is 6.92 Å². The van der Waals surface area contributed by atoms with E-state index in [2.05, 4.69) is 0 Å². The van der Waals surface area contributed by atoms with Gasteiger partial charge in [-0.1, -0.05) is 12.5 Å². The van der Waals surface area contributed by atoms with Gasteiger partial charge in [0.1, 0.15) is 0 Å². The number of Topliss-reactive ketones (excluding diaryl/α,β-unsaturated/α-hetero) is 2. The Labute approximate surface area is 72.7 Å². The maximum Gasteiger partial charge on any atom is 0.166 e. The molecule has 0 unspecified atom stereocenters. The summed E-state index contributed by atoms with van der Waals surface area (Å²) >= 11 is 0. The normalized spacial score (nSPS) is 18.3. The molecular weight excluding hydrogens is 152 g/mol. The minimum Gasteiger partial charge on any atom is -0.294 e. The van der Waals surface area contributed by atoms with Crippen LogP contribution in [0.4, 0.5) is 0 Å². The fraction of sp³-hybridized carbons (Fsp3) is 0.600. The van der Waals surface area contributed by atoms with Crippen LogP contribution in [0.5, 0.6) is 0 Å². The third-order valence-electron chi connectivity index (χ3n) is 2.29. The van der Waals surface area contributed by atoms with Crippen molar-refractivity contribution in [2.24, 2.45) is 0 Å². The molecule has 12 heavy (non-hydrogen) atoms. The SMILES string of the molecule is CCC1=C(C(C)=O)C(=O)CCC1. The lowest BCUT2D eigenvalue weighted by atomic mass is 9.87. The second-order valence-corrected chi connectivity index (χ2v) is 3.17. The molecule has 0 aromatic heterocycles. The van der Waals surface area contributed by atoms with Crippen LogP contribution in [0.3, 0.4) is 0 Å². The fourth-order valence-electron chi connectivity index (χ4n) is 1.71. The Hall–Kier alpha value is -0.920. The summed E-state index contributed by atoms with van der Waals surface area (Å²) in [4.78, 5) is 22.4. The molecule has 0 spiro atoms. The van der Waals surface area contributed by atoms with Gasteiger partial charge < -0.3 is 0 Å². The summed E-state index contributed by atoms with van der Waals surface area (Å²) in [6.07, 6.45) is 3.23. The molecule has 66 valence electrons. The van der Waals surface area contributed by atoms with Gasteiger partial charge in [-0.25, -0.2) is 0 Å². The lowest BCUT2D eigenvalue weighted by molar-refractivity contribution is -0.121. The molecule has 1 aliphatic carbocycles. The Kier molecular flexibility index (Phi) is 2.79. The predicted molar refractivity (Wildman–Crippen MR) is 46.9 cm³/mol. The summed E-state index contributed by atoms with van der Waals surface area (Å²) in [5.74, 6) is -0.0119. The maximum absolute atomic E-state index is 11.3. The van der Waals surface area contributed by atoms with E-state index in [0.29, 0.717) is 12.0 Å². The number of allylic oxidation sites excluding steroid dienone is 2. The van der Waals surface area contributed by atoms with E-state index in [-0.39, 0.29) is 11.6 Å². The average Bonchev–Trinajstić information content (AvgIpc) is 2.03. The highest BCUT2D eigenvalue weighted by atomic mass is 16.1. The molecule has 0 bridgehead atoms. The lowest BCUT2D eigenvalue weighted by Gasteiger charge is -2.15. The van der Waals surface area contributed by atoms with Crippen LogP contribution >= 0.6 is 0 Å². The zero-order valence-corrected chi connectivity index (χ0v) is 7.64. The maximum atomic E-state index is 11.3. The number of rotatable bonds is 2. The van der Waals surface area contributed by atoms with Gasteiger partial charge in [0, 0.05) is 6.42 Å². The quantitative estimate of drug-likeness (QED) is 0.588. The molecule has 0 fully saturated rings. The van der Waals surface area contributed by atoms with Gasteiger partial charge in [-0.2, -0.15) is 0 Å². The van der Waals surface area contributed by atoms with Gasteiger partial charge in [0.05, 0.1) is 5.57 Å². The third-order valence-corrected chi connectivity index (χ3v) is 2.29. The lowest BCUT2D eigenvalue weighted by Crippen LogP contribution is -2.17. The number of carbonyl (C=O) groups is 2. The Bertz CT molecular complexity index is 249. The van der Waals surface area contributed by atoms with E-state index in [9.17, 15) is 9.59 Å². The molecule has 0 radical (unpaired) electrons. The molecular formula is C10H14O2. The Morgan fingerprint density at radius 3 is 2.50 bits per heavy atom. The highest BCUT2D eigenvalue weighted by Crippen LogP contribution is 2.24. The van der Waals surface area contributed by atoms with Crippen molar-refractivity contribution in [2.75, 3.05) is 0 Å². The molecule has 0 aliphatic heterocycles. The van der Waals surface area contributed by atoms with Crippen molar-refractivity contribution in [3.63, 3.8) is 0 Å². The zero-order chi connectivity index (χ0) is 9.14. The summed E-state index contributed by atoms with van der Waals surface area (Å²) in [5, 5.41) is 0. The number of carbonyl (C=O) groups excluding carboxylic acids is 2. The molecule has 0 aromatic carbocycles. The molecule has 1 aliphatic rings. The van der Waals surface area contributed by atoms with Crippen LogP contribution in [0.1, 0.15) is 39.5 Å². The average molecular weight is 166 g/mol. The topological polar surface area (TPSA) is 34.1 Å².